The zero-order valence-corrected chi connectivity index (χ0v) is 13.7. The maximum absolute atomic E-state index is 12.3. The summed E-state index contributed by atoms with van der Waals surface area (Å²) in [4.78, 5) is 13.7. The van der Waals surface area contributed by atoms with Crippen LogP contribution in [0.4, 0.5) is 5.69 Å². The van der Waals surface area contributed by atoms with Crippen molar-refractivity contribution < 1.29 is 9.69 Å². The van der Waals surface area contributed by atoms with E-state index in [1.165, 1.54) is 55.7 Å². The SMILES string of the molecule is CCc1ccc(NC(=O)C[NH+]2CC[C@H]3CCCC[C@@H]3C2)cc1. The Morgan fingerprint density at radius 2 is 1.86 bits per heavy atom. The summed E-state index contributed by atoms with van der Waals surface area (Å²) in [5.41, 5.74) is 2.23. The van der Waals surface area contributed by atoms with Gasteiger partial charge in [0.05, 0.1) is 13.1 Å². The predicted octanol–water partition coefficient (Wildman–Crippen LogP) is 2.28. The third-order valence-corrected chi connectivity index (χ3v) is 5.54. The Kier molecular flexibility index (Phi) is 5.14. The maximum atomic E-state index is 12.3. The van der Waals surface area contributed by atoms with Crippen LogP contribution in [-0.2, 0) is 11.2 Å². The minimum atomic E-state index is 0.161. The molecule has 0 radical (unpaired) electrons. The molecule has 2 aliphatic rings. The lowest BCUT2D eigenvalue weighted by Crippen LogP contribution is -3.15. The van der Waals surface area contributed by atoms with E-state index in [1.54, 1.807) is 0 Å². The van der Waals surface area contributed by atoms with Gasteiger partial charge in [0, 0.05) is 11.6 Å². The molecule has 0 spiro atoms. The zero-order valence-electron chi connectivity index (χ0n) is 13.7. The van der Waals surface area contributed by atoms with Crippen molar-refractivity contribution in [2.24, 2.45) is 11.8 Å². The van der Waals surface area contributed by atoms with Crippen LogP contribution >= 0.6 is 0 Å². The maximum Gasteiger partial charge on any atom is 0.279 e. The molecular formula is C19H29N2O+. The Labute approximate surface area is 134 Å². The first-order valence-electron chi connectivity index (χ1n) is 8.97. The lowest BCUT2D eigenvalue weighted by molar-refractivity contribution is -0.902. The van der Waals surface area contributed by atoms with E-state index >= 15 is 0 Å². The average Bonchev–Trinajstić information content (AvgIpc) is 2.55. The molecule has 1 amide bonds. The fourth-order valence-corrected chi connectivity index (χ4v) is 4.21. The fourth-order valence-electron chi connectivity index (χ4n) is 4.21. The van der Waals surface area contributed by atoms with Crippen molar-refractivity contribution in [1.82, 2.24) is 0 Å². The molecule has 3 nitrogen and oxygen atoms in total. The van der Waals surface area contributed by atoms with E-state index in [4.69, 9.17) is 0 Å². The van der Waals surface area contributed by atoms with Crippen molar-refractivity contribution in [3.63, 3.8) is 0 Å². The van der Waals surface area contributed by atoms with E-state index in [2.05, 4.69) is 24.4 Å². The third-order valence-electron chi connectivity index (χ3n) is 5.54. The van der Waals surface area contributed by atoms with Gasteiger partial charge in [0.2, 0.25) is 0 Å². The van der Waals surface area contributed by atoms with Gasteiger partial charge in [-0.3, -0.25) is 4.79 Å². The smallest absolute Gasteiger partial charge is 0.279 e. The Balaban J connectivity index is 1.48. The molecule has 1 aliphatic carbocycles. The molecule has 120 valence electrons. The van der Waals surface area contributed by atoms with Gasteiger partial charge in [-0.05, 0) is 49.3 Å². The van der Waals surface area contributed by atoms with Crippen molar-refractivity contribution in [2.75, 3.05) is 25.0 Å². The number of fused-ring (bicyclic) bond motifs is 1. The molecule has 1 saturated heterocycles. The van der Waals surface area contributed by atoms with Crippen LogP contribution in [0.15, 0.2) is 24.3 Å². The quantitative estimate of drug-likeness (QED) is 0.879. The topological polar surface area (TPSA) is 33.5 Å². The number of hydrogen-bond donors (Lipinski definition) is 2. The molecule has 1 heterocycles. The number of benzene rings is 1. The standard InChI is InChI=1S/C19H28N2O/c1-2-15-7-9-18(10-8-15)20-19(22)14-21-12-11-16-5-3-4-6-17(16)13-21/h7-10,16-17H,2-6,11-14H2,1H3,(H,20,22)/p+1/t16-,17-/m1/s1. The van der Waals surface area contributed by atoms with Crippen LogP contribution in [0.3, 0.4) is 0 Å². The highest BCUT2D eigenvalue weighted by molar-refractivity contribution is 5.91. The molecule has 0 bridgehead atoms. The summed E-state index contributed by atoms with van der Waals surface area (Å²) < 4.78 is 0. The first kappa shape index (κ1) is 15.5. The van der Waals surface area contributed by atoms with Crippen molar-refractivity contribution in [3.8, 4) is 0 Å². The minimum absolute atomic E-state index is 0.161. The number of carbonyl (C=O) groups is 1. The number of rotatable bonds is 4. The molecule has 3 heteroatoms. The van der Waals surface area contributed by atoms with E-state index < -0.39 is 0 Å². The number of amides is 1. The van der Waals surface area contributed by atoms with Gasteiger partial charge in [-0.15, -0.1) is 0 Å². The van der Waals surface area contributed by atoms with Gasteiger partial charge in [-0.25, -0.2) is 0 Å². The summed E-state index contributed by atoms with van der Waals surface area (Å²) in [6.07, 6.45) is 7.98. The second kappa shape index (κ2) is 7.28. The van der Waals surface area contributed by atoms with Crippen molar-refractivity contribution in [2.45, 2.75) is 45.4 Å². The predicted molar refractivity (Wildman–Crippen MR) is 90.1 cm³/mol. The van der Waals surface area contributed by atoms with Crippen molar-refractivity contribution >= 4 is 11.6 Å². The average molecular weight is 301 g/mol. The van der Waals surface area contributed by atoms with Gasteiger partial charge in [-0.2, -0.15) is 0 Å². The number of likely N-dealkylation sites (tertiary alicyclic amines) is 1. The van der Waals surface area contributed by atoms with Gasteiger partial charge < -0.3 is 10.2 Å². The van der Waals surface area contributed by atoms with Gasteiger partial charge in [-0.1, -0.05) is 31.9 Å². The van der Waals surface area contributed by atoms with Crippen LogP contribution in [0.2, 0.25) is 0 Å². The van der Waals surface area contributed by atoms with E-state index in [9.17, 15) is 4.79 Å². The normalized spacial score (nSPS) is 28.0. The van der Waals surface area contributed by atoms with Crippen LogP contribution < -0.4 is 10.2 Å². The van der Waals surface area contributed by atoms with Crippen molar-refractivity contribution in [1.29, 1.82) is 0 Å². The largest absolute Gasteiger partial charge is 0.327 e. The van der Waals surface area contributed by atoms with Gasteiger partial charge in [0.25, 0.3) is 5.91 Å². The van der Waals surface area contributed by atoms with Crippen LogP contribution in [0.25, 0.3) is 0 Å². The number of piperidine rings is 1. The van der Waals surface area contributed by atoms with Crippen LogP contribution in [0, 0.1) is 11.8 Å². The van der Waals surface area contributed by atoms with Gasteiger partial charge >= 0.3 is 0 Å². The Morgan fingerprint density at radius 1 is 1.14 bits per heavy atom. The molecule has 0 aromatic heterocycles. The molecule has 1 saturated carbocycles. The number of quaternary nitrogens is 1. The highest BCUT2D eigenvalue weighted by Gasteiger charge is 2.34. The summed E-state index contributed by atoms with van der Waals surface area (Å²) in [6.45, 7) is 5.14. The zero-order chi connectivity index (χ0) is 15.4. The lowest BCUT2D eigenvalue weighted by atomic mass is 9.75. The van der Waals surface area contributed by atoms with Crippen molar-refractivity contribution in [3.05, 3.63) is 29.8 Å². The summed E-state index contributed by atoms with van der Waals surface area (Å²) in [7, 11) is 0. The van der Waals surface area contributed by atoms with Crippen LogP contribution in [-0.4, -0.2) is 25.5 Å². The summed E-state index contributed by atoms with van der Waals surface area (Å²) >= 11 is 0. The number of carbonyl (C=O) groups excluding carboxylic acids is 1. The third kappa shape index (κ3) is 3.89. The van der Waals surface area contributed by atoms with E-state index in [1.807, 2.05) is 12.1 Å². The highest BCUT2D eigenvalue weighted by Crippen LogP contribution is 2.32. The number of hydrogen-bond acceptors (Lipinski definition) is 1. The molecule has 1 aliphatic heterocycles. The highest BCUT2D eigenvalue weighted by atomic mass is 16.2. The lowest BCUT2D eigenvalue weighted by Gasteiger charge is -2.38. The molecular weight excluding hydrogens is 272 g/mol. The Hall–Kier alpha value is -1.35. The van der Waals surface area contributed by atoms with Gasteiger partial charge in [0.15, 0.2) is 6.54 Å². The fraction of sp³-hybridized carbons (Fsp3) is 0.632. The Bertz CT molecular complexity index is 497. The number of nitrogens with one attached hydrogen (secondary N) is 2. The molecule has 2 fully saturated rings. The molecule has 22 heavy (non-hydrogen) atoms. The van der Waals surface area contributed by atoms with E-state index in [-0.39, 0.29) is 5.91 Å². The van der Waals surface area contributed by atoms with E-state index in [0.717, 1.165) is 23.9 Å². The summed E-state index contributed by atoms with van der Waals surface area (Å²) in [6, 6.07) is 8.21. The second-order valence-corrected chi connectivity index (χ2v) is 7.07. The second-order valence-electron chi connectivity index (χ2n) is 7.07. The molecule has 2 N–H and O–H groups in total. The summed E-state index contributed by atoms with van der Waals surface area (Å²) in [5.74, 6) is 1.98. The molecule has 3 rings (SSSR count). The van der Waals surface area contributed by atoms with Gasteiger partial charge in [0.1, 0.15) is 0 Å². The van der Waals surface area contributed by atoms with E-state index in [0.29, 0.717) is 6.54 Å². The monoisotopic (exact) mass is 301 g/mol. The van der Waals surface area contributed by atoms with Crippen LogP contribution in [0.5, 0.6) is 0 Å². The minimum Gasteiger partial charge on any atom is -0.327 e. The first-order chi connectivity index (χ1) is 10.7. The molecule has 1 aromatic rings. The van der Waals surface area contributed by atoms with Crippen LogP contribution in [0.1, 0.15) is 44.6 Å². The first-order valence-corrected chi connectivity index (χ1v) is 8.97. The molecule has 3 atom stereocenters. The number of anilines is 1. The molecule has 1 unspecified atom stereocenters. The summed E-state index contributed by atoms with van der Waals surface area (Å²) in [5, 5.41) is 3.05. The molecule has 1 aromatic carbocycles. The Morgan fingerprint density at radius 3 is 2.59 bits per heavy atom. The number of aryl methyl sites for hydroxylation is 1.